The van der Waals surface area contributed by atoms with Crippen molar-refractivity contribution in [3.8, 4) is 0 Å². The smallest absolute Gasteiger partial charge is 0.308 e. The van der Waals surface area contributed by atoms with Crippen LogP contribution in [0, 0.1) is 10.1 Å². The first kappa shape index (κ1) is 15.3. The van der Waals surface area contributed by atoms with Gasteiger partial charge in [0.05, 0.1) is 10.6 Å². The van der Waals surface area contributed by atoms with Crippen LogP contribution in [0.5, 0.6) is 0 Å². The lowest BCUT2D eigenvalue weighted by molar-refractivity contribution is -0.384. The molecule has 2 aromatic carbocycles. The Labute approximate surface area is 133 Å². The number of rotatable bonds is 3. The van der Waals surface area contributed by atoms with Crippen molar-refractivity contribution in [2.75, 3.05) is 10.6 Å². The van der Waals surface area contributed by atoms with Gasteiger partial charge in [-0.2, -0.15) is 0 Å². The van der Waals surface area contributed by atoms with Crippen LogP contribution in [0.4, 0.5) is 21.9 Å². The summed E-state index contributed by atoms with van der Waals surface area (Å²) < 4.78 is 0.686. The second kappa shape index (κ2) is 6.55. The van der Waals surface area contributed by atoms with Crippen molar-refractivity contribution in [2.24, 2.45) is 0 Å². The van der Waals surface area contributed by atoms with E-state index < -0.39 is 11.0 Å². The number of amides is 2. The molecule has 0 bridgehead atoms. The third-order valence-electron chi connectivity index (χ3n) is 2.51. The number of benzene rings is 2. The predicted octanol–water partition coefficient (Wildman–Crippen LogP) is 4.65. The van der Waals surface area contributed by atoms with Gasteiger partial charge in [0.25, 0.3) is 5.69 Å². The number of carbonyl (C=O) groups excluding carboxylic acids is 1. The SMILES string of the molecule is O=C(Nc1ccc([N+](=O)[O-])cc1)Nc1cc(Cl)ccc1Br. The molecule has 2 amide bonds. The minimum atomic E-state index is -0.507. The number of hydrogen-bond acceptors (Lipinski definition) is 3. The molecule has 2 N–H and O–H groups in total. The van der Waals surface area contributed by atoms with Gasteiger partial charge in [-0.15, -0.1) is 0 Å². The number of nitro groups is 1. The van der Waals surface area contributed by atoms with E-state index in [2.05, 4.69) is 26.6 Å². The summed E-state index contributed by atoms with van der Waals surface area (Å²) in [6, 6.07) is 10.0. The number of nitrogens with one attached hydrogen (secondary N) is 2. The fraction of sp³-hybridized carbons (Fsp3) is 0. The number of urea groups is 1. The van der Waals surface area contributed by atoms with E-state index in [9.17, 15) is 14.9 Å². The zero-order valence-electron chi connectivity index (χ0n) is 10.5. The van der Waals surface area contributed by atoms with Crippen LogP contribution in [0.3, 0.4) is 0 Å². The van der Waals surface area contributed by atoms with E-state index in [1.807, 2.05) is 0 Å². The van der Waals surface area contributed by atoms with E-state index in [-0.39, 0.29) is 5.69 Å². The van der Waals surface area contributed by atoms with Gasteiger partial charge >= 0.3 is 6.03 Å². The predicted molar refractivity (Wildman–Crippen MR) is 84.9 cm³/mol. The van der Waals surface area contributed by atoms with Gasteiger partial charge in [-0.1, -0.05) is 11.6 Å². The third-order valence-corrected chi connectivity index (χ3v) is 3.44. The van der Waals surface area contributed by atoms with Crippen LogP contribution in [-0.2, 0) is 0 Å². The van der Waals surface area contributed by atoms with Crippen molar-refractivity contribution in [3.63, 3.8) is 0 Å². The Morgan fingerprint density at radius 1 is 1.14 bits per heavy atom. The fourth-order valence-electron chi connectivity index (χ4n) is 1.54. The fourth-order valence-corrected chi connectivity index (χ4v) is 2.06. The zero-order chi connectivity index (χ0) is 15.4. The maximum absolute atomic E-state index is 11.8. The molecule has 0 radical (unpaired) electrons. The van der Waals surface area contributed by atoms with Crippen molar-refractivity contribution < 1.29 is 9.72 Å². The number of nitro benzene ring substituents is 1. The monoisotopic (exact) mass is 369 g/mol. The third kappa shape index (κ3) is 4.17. The number of non-ortho nitro benzene ring substituents is 1. The molecule has 0 aliphatic heterocycles. The molecule has 0 heterocycles. The van der Waals surface area contributed by atoms with Gasteiger partial charge in [0.1, 0.15) is 0 Å². The topological polar surface area (TPSA) is 84.3 Å². The Bertz CT molecular complexity index is 692. The second-order valence-corrected chi connectivity index (χ2v) is 5.30. The van der Waals surface area contributed by atoms with E-state index >= 15 is 0 Å². The molecular formula is C13H9BrClN3O3. The molecule has 2 aromatic rings. The molecule has 2 rings (SSSR count). The van der Waals surface area contributed by atoms with Crippen molar-refractivity contribution in [1.82, 2.24) is 0 Å². The highest BCUT2D eigenvalue weighted by Gasteiger charge is 2.08. The van der Waals surface area contributed by atoms with Crippen LogP contribution in [0.15, 0.2) is 46.9 Å². The molecule has 0 aliphatic carbocycles. The standard InChI is InChI=1S/C13H9BrClN3O3/c14-11-6-1-8(15)7-12(11)17-13(19)16-9-2-4-10(5-3-9)18(20)21/h1-7H,(H2,16,17,19). The summed E-state index contributed by atoms with van der Waals surface area (Å²) in [6.07, 6.45) is 0. The summed E-state index contributed by atoms with van der Waals surface area (Å²) in [6.45, 7) is 0. The van der Waals surface area contributed by atoms with E-state index in [0.717, 1.165) is 0 Å². The molecule has 0 saturated heterocycles. The number of anilines is 2. The number of halogens is 2. The van der Waals surface area contributed by atoms with Crippen molar-refractivity contribution >= 4 is 50.6 Å². The normalized spacial score (nSPS) is 10.0. The van der Waals surface area contributed by atoms with Gasteiger partial charge in [-0.05, 0) is 46.3 Å². The zero-order valence-corrected chi connectivity index (χ0v) is 12.8. The van der Waals surface area contributed by atoms with Gasteiger partial charge in [0.2, 0.25) is 0 Å². The highest BCUT2D eigenvalue weighted by molar-refractivity contribution is 9.10. The lowest BCUT2D eigenvalue weighted by Gasteiger charge is -2.09. The van der Waals surface area contributed by atoms with Gasteiger partial charge in [-0.25, -0.2) is 4.79 Å². The molecule has 6 nitrogen and oxygen atoms in total. The molecule has 0 atom stereocenters. The van der Waals surface area contributed by atoms with Crippen LogP contribution in [0.25, 0.3) is 0 Å². The van der Waals surface area contributed by atoms with Crippen molar-refractivity contribution in [2.45, 2.75) is 0 Å². The van der Waals surface area contributed by atoms with E-state index in [1.54, 1.807) is 18.2 Å². The van der Waals surface area contributed by atoms with Crippen LogP contribution >= 0.6 is 27.5 Å². The van der Waals surface area contributed by atoms with E-state index in [4.69, 9.17) is 11.6 Å². The van der Waals surface area contributed by atoms with Crippen molar-refractivity contribution in [1.29, 1.82) is 0 Å². The minimum Gasteiger partial charge on any atom is -0.308 e. The van der Waals surface area contributed by atoms with Gasteiger partial charge in [-0.3, -0.25) is 10.1 Å². The maximum Gasteiger partial charge on any atom is 0.323 e. The minimum absolute atomic E-state index is 0.0430. The molecule has 108 valence electrons. The Hall–Kier alpha value is -2.12. The van der Waals surface area contributed by atoms with Crippen LogP contribution in [0.2, 0.25) is 5.02 Å². The average Bonchev–Trinajstić information content (AvgIpc) is 2.43. The van der Waals surface area contributed by atoms with Gasteiger partial charge in [0.15, 0.2) is 0 Å². The summed E-state index contributed by atoms with van der Waals surface area (Å²) in [5, 5.41) is 16.2. The number of nitrogens with zero attached hydrogens (tertiary/aromatic N) is 1. The largest absolute Gasteiger partial charge is 0.323 e. The lowest BCUT2D eigenvalue weighted by Crippen LogP contribution is -2.19. The molecule has 0 fully saturated rings. The van der Waals surface area contributed by atoms with Crippen LogP contribution < -0.4 is 10.6 Å². The first-order chi connectivity index (χ1) is 9.95. The molecule has 8 heteroatoms. The molecule has 0 aliphatic rings. The summed E-state index contributed by atoms with van der Waals surface area (Å²) in [4.78, 5) is 21.9. The molecular weight excluding hydrogens is 362 g/mol. The lowest BCUT2D eigenvalue weighted by atomic mass is 10.3. The molecule has 0 saturated carbocycles. The summed E-state index contributed by atoms with van der Waals surface area (Å²) in [5.74, 6) is 0. The van der Waals surface area contributed by atoms with Gasteiger partial charge in [0, 0.05) is 27.3 Å². The Morgan fingerprint density at radius 2 is 1.81 bits per heavy atom. The highest BCUT2D eigenvalue weighted by atomic mass is 79.9. The molecule has 0 spiro atoms. The Kier molecular flexibility index (Phi) is 4.77. The number of hydrogen-bond donors (Lipinski definition) is 2. The molecule has 0 aromatic heterocycles. The Morgan fingerprint density at radius 3 is 2.43 bits per heavy atom. The summed E-state index contributed by atoms with van der Waals surface area (Å²) >= 11 is 9.14. The second-order valence-electron chi connectivity index (χ2n) is 4.01. The van der Waals surface area contributed by atoms with E-state index in [1.165, 1.54) is 24.3 Å². The van der Waals surface area contributed by atoms with Gasteiger partial charge < -0.3 is 10.6 Å². The van der Waals surface area contributed by atoms with Crippen molar-refractivity contribution in [3.05, 3.63) is 62.1 Å². The highest BCUT2D eigenvalue weighted by Crippen LogP contribution is 2.26. The number of carbonyl (C=O) groups is 1. The Balaban J connectivity index is 2.04. The average molecular weight is 371 g/mol. The molecule has 21 heavy (non-hydrogen) atoms. The summed E-state index contributed by atoms with van der Waals surface area (Å²) in [5.41, 5.74) is 0.914. The van der Waals surface area contributed by atoms with Crippen LogP contribution in [-0.4, -0.2) is 11.0 Å². The summed E-state index contributed by atoms with van der Waals surface area (Å²) in [7, 11) is 0. The van der Waals surface area contributed by atoms with E-state index in [0.29, 0.717) is 20.9 Å². The first-order valence-corrected chi connectivity index (χ1v) is 6.90. The quantitative estimate of drug-likeness (QED) is 0.609. The molecule has 0 unspecified atom stereocenters. The van der Waals surface area contributed by atoms with Crippen LogP contribution in [0.1, 0.15) is 0 Å². The maximum atomic E-state index is 11.8. The first-order valence-electron chi connectivity index (χ1n) is 5.73.